The maximum absolute atomic E-state index is 11.6. The molecular weight excluding hydrogens is 242 g/mol. The summed E-state index contributed by atoms with van der Waals surface area (Å²) in [6, 6.07) is -0.00547. The number of hydrogen-bond donors (Lipinski definition) is 2. The van der Waals surface area contributed by atoms with Crippen molar-refractivity contribution in [2.45, 2.75) is 57.4 Å². The first-order chi connectivity index (χ1) is 7.99. The summed E-state index contributed by atoms with van der Waals surface area (Å²) in [7, 11) is -3.44. The Bertz CT molecular complexity index is 331. The van der Waals surface area contributed by atoms with E-state index >= 15 is 0 Å². The van der Waals surface area contributed by atoms with Gasteiger partial charge in [-0.2, -0.15) is 0 Å². The Kier molecular flexibility index (Phi) is 5.91. The zero-order chi connectivity index (χ0) is 12.7. The van der Waals surface area contributed by atoms with Crippen molar-refractivity contribution >= 4 is 16.0 Å². The van der Waals surface area contributed by atoms with Crippen molar-refractivity contribution in [2.75, 3.05) is 5.75 Å². The summed E-state index contributed by atoms with van der Waals surface area (Å²) in [5, 5.41) is 8.47. The van der Waals surface area contributed by atoms with Crippen LogP contribution in [0.3, 0.4) is 0 Å². The van der Waals surface area contributed by atoms with Crippen molar-refractivity contribution in [3.63, 3.8) is 0 Å². The van der Waals surface area contributed by atoms with E-state index in [0.717, 1.165) is 38.5 Å². The molecule has 1 fully saturated rings. The molecule has 1 rings (SSSR count). The first kappa shape index (κ1) is 14.4. The van der Waals surface area contributed by atoms with Crippen molar-refractivity contribution in [2.24, 2.45) is 0 Å². The van der Waals surface area contributed by atoms with Crippen LogP contribution in [0.5, 0.6) is 0 Å². The van der Waals surface area contributed by atoms with Gasteiger partial charge in [0.25, 0.3) is 0 Å². The Morgan fingerprint density at radius 1 is 1.12 bits per heavy atom. The van der Waals surface area contributed by atoms with E-state index in [2.05, 4.69) is 4.72 Å². The minimum Gasteiger partial charge on any atom is -0.481 e. The standard InChI is InChI=1S/C11H21NO4S/c13-11(14)8-9-17(15,16)12-10-6-4-2-1-3-5-7-10/h10,12H,1-9H2,(H,13,14). The molecule has 2 N–H and O–H groups in total. The minimum atomic E-state index is -3.44. The summed E-state index contributed by atoms with van der Waals surface area (Å²) in [6.45, 7) is 0. The number of nitrogens with one attached hydrogen (secondary N) is 1. The van der Waals surface area contributed by atoms with Gasteiger partial charge in [-0.3, -0.25) is 4.79 Å². The highest BCUT2D eigenvalue weighted by molar-refractivity contribution is 7.89. The van der Waals surface area contributed by atoms with Crippen molar-refractivity contribution in [3.05, 3.63) is 0 Å². The lowest BCUT2D eigenvalue weighted by atomic mass is 9.97. The maximum Gasteiger partial charge on any atom is 0.304 e. The summed E-state index contributed by atoms with van der Waals surface area (Å²) < 4.78 is 25.9. The lowest BCUT2D eigenvalue weighted by Gasteiger charge is -2.20. The Balaban J connectivity index is 2.41. The molecule has 6 heteroatoms. The van der Waals surface area contributed by atoms with Gasteiger partial charge < -0.3 is 5.11 Å². The third kappa shape index (κ3) is 6.63. The van der Waals surface area contributed by atoms with Gasteiger partial charge in [-0.05, 0) is 12.8 Å². The van der Waals surface area contributed by atoms with Gasteiger partial charge in [0, 0.05) is 6.04 Å². The summed E-state index contributed by atoms with van der Waals surface area (Å²) in [5.74, 6) is -1.40. The molecule has 0 aliphatic heterocycles. The largest absolute Gasteiger partial charge is 0.481 e. The topological polar surface area (TPSA) is 83.5 Å². The highest BCUT2D eigenvalue weighted by atomic mass is 32.2. The molecule has 0 unspecified atom stereocenters. The molecule has 0 saturated heterocycles. The Morgan fingerprint density at radius 2 is 1.65 bits per heavy atom. The predicted octanol–water partition coefficient (Wildman–Crippen LogP) is 1.49. The van der Waals surface area contributed by atoms with Crippen LogP contribution < -0.4 is 4.72 Å². The lowest BCUT2D eigenvalue weighted by Crippen LogP contribution is -2.37. The second-order valence-corrected chi connectivity index (χ2v) is 6.50. The summed E-state index contributed by atoms with van der Waals surface area (Å²) in [4.78, 5) is 10.3. The van der Waals surface area contributed by atoms with E-state index in [-0.39, 0.29) is 18.2 Å². The van der Waals surface area contributed by atoms with Gasteiger partial charge in [-0.1, -0.05) is 32.1 Å². The van der Waals surface area contributed by atoms with Crippen LogP contribution >= 0.6 is 0 Å². The zero-order valence-electron chi connectivity index (χ0n) is 10.0. The van der Waals surface area contributed by atoms with E-state index < -0.39 is 16.0 Å². The van der Waals surface area contributed by atoms with E-state index in [1.807, 2.05) is 0 Å². The second-order valence-electron chi connectivity index (χ2n) is 4.62. The number of carboxylic acid groups (broad SMARTS) is 1. The third-order valence-electron chi connectivity index (χ3n) is 3.04. The molecule has 0 aromatic heterocycles. The fourth-order valence-electron chi connectivity index (χ4n) is 2.11. The molecule has 0 heterocycles. The average molecular weight is 263 g/mol. The van der Waals surface area contributed by atoms with Gasteiger partial charge in [0.1, 0.15) is 0 Å². The summed E-state index contributed by atoms with van der Waals surface area (Å²) >= 11 is 0. The molecule has 0 atom stereocenters. The third-order valence-corrected chi connectivity index (χ3v) is 4.47. The number of hydrogen-bond acceptors (Lipinski definition) is 3. The SMILES string of the molecule is O=C(O)CCS(=O)(=O)NC1CCCCCCC1. The molecule has 1 aliphatic rings. The van der Waals surface area contributed by atoms with E-state index in [4.69, 9.17) is 5.11 Å². The van der Waals surface area contributed by atoms with Crippen LogP contribution in [0.25, 0.3) is 0 Å². The molecule has 1 saturated carbocycles. The molecule has 17 heavy (non-hydrogen) atoms. The molecule has 0 bridgehead atoms. The van der Waals surface area contributed by atoms with Crippen LogP contribution in [-0.4, -0.2) is 31.3 Å². The normalized spacial score (nSPS) is 19.5. The van der Waals surface area contributed by atoms with Crippen molar-refractivity contribution in [1.29, 1.82) is 0 Å². The molecule has 0 radical (unpaired) electrons. The Hall–Kier alpha value is -0.620. The van der Waals surface area contributed by atoms with Crippen LogP contribution in [0.4, 0.5) is 0 Å². The van der Waals surface area contributed by atoms with Gasteiger partial charge in [0.15, 0.2) is 0 Å². The molecule has 0 spiro atoms. The van der Waals surface area contributed by atoms with Gasteiger partial charge in [-0.15, -0.1) is 0 Å². The molecule has 100 valence electrons. The number of rotatable bonds is 5. The molecular formula is C11H21NO4S. The highest BCUT2D eigenvalue weighted by Gasteiger charge is 2.19. The van der Waals surface area contributed by atoms with Gasteiger partial charge in [0.2, 0.25) is 10.0 Å². The predicted molar refractivity (Wildman–Crippen MR) is 65.3 cm³/mol. The van der Waals surface area contributed by atoms with E-state index in [1.165, 1.54) is 6.42 Å². The van der Waals surface area contributed by atoms with Crippen LogP contribution in [0.1, 0.15) is 51.4 Å². The first-order valence-corrected chi connectivity index (χ1v) is 7.86. The number of carbonyl (C=O) groups is 1. The second kappa shape index (κ2) is 6.96. The van der Waals surface area contributed by atoms with E-state index in [0.29, 0.717) is 0 Å². The van der Waals surface area contributed by atoms with Crippen LogP contribution in [-0.2, 0) is 14.8 Å². The van der Waals surface area contributed by atoms with Gasteiger partial charge >= 0.3 is 5.97 Å². The van der Waals surface area contributed by atoms with Crippen molar-refractivity contribution in [1.82, 2.24) is 4.72 Å². The number of carboxylic acids is 1. The molecule has 5 nitrogen and oxygen atoms in total. The fraction of sp³-hybridized carbons (Fsp3) is 0.909. The van der Waals surface area contributed by atoms with Gasteiger partial charge in [-0.25, -0.2) is 13.1 Å². The van der Waals surface area contributed by atoms with Crippen LogP contribution in [0.15, 0.2) is 0 Å². The van der Waals surface area contributed by atoms with Crippen LogP contribution in [0.2, 0.25) is 0 Å². The van der Waals surface area contributed by atoms with Crippen LogP contribution in [0, 0.1) is 0 Å². The minimum absolute atomic E-state index is 0.00547. The molecule has 0 aromatic carbocycles. The number of sulfonamides is 1. The van der Waals surface area contributed by atoms with Crippen molar-refractivity contribution < 1.29 is 18.3 Å². The van der Waals surface area contributed by atoms with Gasteiger partial charge in [0.05, 0.1) is 12.2 Å². The molecule has 0 amide bonds. The maximum atomic E-state index is 11.6. The average Bonchev–Trinajstić information content (AvgIpc) is 2.19. The number of aliphatic carboxylic acids is 1. The highest BCUT2D eigenvalue weighted by Crippen LogP contribution is 2.17. The van der Waals surface area contributed by atoms with E-state index in [9.17, 15) is 13.2 Å². The first-order valence-electron chi connectivity index (χ1n) is 6.21. The molecule has 0 aromatic rings. The van der Waals surface area contributed by atoms with E-state index in [1.54, 1.807) is 0 Å². The monoisotopic (exact) mass is 263 g/mol. The van der Waals surface area contributed by atoms with Crippen molar-refractivity contribution in [3.8, 4) is 0 Å². The molecule has 1 aliphatic carbocycles. The summed E-state index contributed by atoms with van der Waals surface area (Å²) in [6.07, 6.45) is 7.05. The zero-order valence-corrected chi connectivity index (χ0v) is 10.8. The Morgan fingerprint density at radius 3 is 2.18 bits per heavy atom. The Labute approximate surface area is 103 Å². The smallest absolute Gasteiger partial charge is 0.304 e. The summed E-state index contributed by atoms with van der Waals surface area (Å²) in [5.41, 5.74) is 0. The lowest BCUT2D eigenvalue weighted by molar-refractivity contribution is -0.136. The quantitative estimate of drug-likeness (QED) is 0.787. The fourth-order valence-corrected chi connectivity index (χ4v) is 3.41.